The first-order valence-electron chi connectivity index (χ1n) is 12.1. The molecule has 2 aliphatic heterocycles. The molecule has 0 amide bonds. The summed E-state index contributed by atoms with van der Waals surface area (Å²) in [5.74, 6) is 2.71. The van der Waals surface area contributed by atoms with Gasteiger partial charge in [-0.25, -0.2) is 0 Å². The van der Waals surface area contributed by atoms with Gasteiger partial charge in [0.2, 0.25) is 0 Å². The van der Waals surface area contributed by atoms with Crippen molar-refractivity contribution in [2.45, 2.75) is 51.4 Å². The van der Waals surface area contributed by atoms with E-state index in [9.17, 15) is 0 Å². The highest BCUT2D eigenvalue weighted by molar-refractivity contribution is 14.0. The summed E-state index contributed by atoms with van der Waals surface area (Å²) in [4.78, 5) is 7.62. The highest BCUT2D eigenvalue weighted by Gasteiger charge is 2.34. The molecule has 3 rings (SSSR count). The number of ether oxygens (including phenoxy) is 2. The smallest absolute Gasteiger partial charge is 0.191 e. The van der Waals surface area contributed by atoms with Gasteiger partial charge in [0.25, 0.3) is 0 Å². The maximum Gasteiger partial charge on any atom is 0.191 e. The molecule has 32 heavy (non-hydrogen) atoms. The molecule has 182 valence electrons. The third kappa shape index (κ3) is 8.06. The monoisotopic (exact) mass is 558 g/mol. The van der Waals surface area contributed by atoms with Crippen molar-refractivity contribution < 1.29 is 9.47 Å². The number of rotatable bonds is 9. The summed E-state index contributed by atoms with van der Waals surface area (Å²) < 4.78 is 11.0. The Hall–Kier alpha value is -1.06. The SMILES string of the molecule is CCNC(=NCC1(c2ccc(OC)cc2)CCOCC1)NCCCN1CCC(C)CC1.I. The van der Waals surface area contributed by atoms with Crippen LogP contribution in [-0.4, -0.2) is 70.5 Å². The minimum absolute atomic E-state index is 0. The number of guanidine groups is 1. The van der Waals surface area contributed by atoms with Crippen molar-refractivity contribution in [3.8, 4) is 5.75 Å². The highest BCUT2D eigenvalue weighted by atomic mass is 127. The lowest BCUT2D eigenvalue weighted by molar-refractivity contribution is 0.0531. The second-order valence-corrected chi connectivity index (χ2v) is 9.12. The molecule has 0 unspecified atom stereocenters. The third-order valence-corrected chi connectivity index (χ3v) is 6.86. The molecular formula is C25H43IN4O2. The van der Waals surface area contributed by atoms with E-state index < -0.39 is 0 Å². The van der Waals surface area contributed by atoms with E-state index in [4.69, 9.17) is 14.5 Å². The molecule has 7 heteroatoms. The van der Waals surface area contributed by atoms with Crippen molar-refractivity contribution in [3.05, 3.63) is 29.8 Å². The summed E-state index contributed by atoms with van der Waals surface area (Å²) in [6.07, 6.45) is 5.82. The van der Waals surface area contributed by atoms with Crippen LogP contribution in [0.1, 0.15) is 51.5 Å². The van der Waals surface area contributed by atoms with Gasteiger partial charge in [-0.2, -0.15) is 0 Å². The van der Waals surface area contributed by atoms with E-state index in [2.05, 4.69) is 53.6 Å². The van der Waals surface area contributed by atoms with E-state index in [-0.39, 0.29) is 29.4 Å². The minimum atomic E-state index is 0. The van der Waals surface area contributed by atoms with Gasteiger partial charge >= 0.3 is 0 Å². The Morgan fingerprint density at radius 2 is 1.84 bits per heavy atom. The summed E-state index contributed by atoms with van der Waals surface area (Å²) in [5.41, 5.74) is 1.35. The Morgan fingerprint density at radius 1 is 1.16 bits per heavy atom. The van der Waals surface area contributed by atoms with Gasteiger partial charge in [-0.05, 0) is 82.3 Å². The third-order valence-electron chi connectivity index (χ3n) is 6.86. The summed E-state index contributed by atoms with van der Waals surface area (Å²) in [6.45, 7) is 12.3. The maximum absolute atomic E-state index is 5.68. The molecule has 0 bridgehead atoms. The van der Waals surface area contributed by atoms with Crippen molar-refractivity contribution in [3.63, 3.8) is 0 Å². The van der Waals surface area contributed by atoms with Crippen molar-refractivity contribution in [1.29, 1.82) is 0 Å². The number of nitrogens with one attached hydrogen (secondary N) is 2. The summed E-state index contributed by atoms with van der Waals surface area (Å²) >= 11 is 0. The fourth-order valence-corrected chi connectivity index (χ4v) is 4.61. The molecule has 2 heterocycles. The van der Waals surface area contributed by atoms with Crippen LogP contribution >= 0.6 is 24.0 Å². The zero-order valence-electron chi connectivity index (χ0n) is 20.2. The van der Waals surface area contributed by atoms with Gasteiger partial charge in [-0.15, -0.1) is 24.0 Å². The van der Waals surface area contributed by atoms with E-state index in [0.29, 0.717) is 0 Å². The average molecular weight is 559 g/mol. The fourth-order valence-electron chi connectivity index (χ4n) is 4.61. The molecule has 0 atom stereocenters. The molecule has 1 aromatic carbocycles. The number of piperidine rings is 1. The lowest BCUT2D eigenvalue weighted by Crippen LogP contribution is -2.42. The summed E-state index contributed by atoms with van der Waals surface area (Å²) in [6, 6.07) is 8.50. The molecular weight excluding hydrogens is 515 g/mol. The molecule has 6 nitrogen and oxygen atoms in total. The van der Waals surface area contributed by atoms with Gasteiger partial charge in [0, 0.05) is 31.7 Å². The number of nitrogens with zero attached hydrogens (tertiary/aromatic N) is 2. The van der Waals surface area contributed by atoms with Gasteiger partial charge in [0.1, 0.15) is 5.75 Å². The summed E-state index contributed by atoms with van der Waals surface area (Å²) in [7, 11) is 1.71. The summed E-state index contributed by atoms with van der Waals surface area (Å²) in [5, 5.41) is 6.98. The number of methoxy groups -OCH3 is 1. The van der Waals surface area contributed by atoms with Crippen LogP contribution in [0.3, 0.4) is 0 Å². The van der Waals surface area contributed by atoms with Gasteiger partial charge < -0.3 is 25.0 Å². The largest absolute Gasteiger partial charge is 0.497 e. The van der Waals surface area contributed by atoms with Gasteiger partial charge in [-0.3, -0.25) is 4.99 Å². The lowest BCUT2D eigenvalue weighted by atomic mass is 9.74. The molecule has 2 aliphatic rings. The predicted octanol–water partition coefficient (Wildman–Crippen LogP) is 4.04. The second kappa shape index (κ2) is 14.3. The highest BCUT2D eigenvalue weighted by Crippen LogP contribution is 2.36. The first-order valence-corrected chi connectivity index (χ1v) is 12.1. The van der Waals surface area contributed by atoms with Crippen LogP contribution in [-0.2, 0) is 10.2 Å². The molecule has 0 radical (unpaired) electrons. The van der Waals surface area contributed by atoms with Crippen LogP contribution in [0.2, 0.25) is 0 Å². The van der Waals surface area contributed by atoms with Crippen LogP contribution in [0.25, 0.3) is 0 Å². The van der Waals surface area contributed by atoms with Crippen LogP contribution in [0.5, 0.6) is 5.75 Å². The first kappa shape index (κ1) is 27.2. The van der Waals surface area contributed by atoms with Gasteiger partial charge in [-0.1, -0.05) is 19.1 Å². The van der Waals surface area contributed by atoms with E-state index >= 15 is 0 Å². The zero-order valence-corrected chi connectivity index (χ0v) is 22.5. The standard InChI is InChI=1S/C25H42N4O2.HI/c1-4-26-24(27-14-5-15-29-16-10-21(2)11-17-29)28-20-25(12-18-31-19-13-25)22-6-8-23(30-3)9-7-22;/h6-9,21H,4-5,10-20H2,1-3H3,(H2,26,27,28);1H. The normalized spacial score (nSPS) is 19.8. The van der Waals surface area contributed by atoms with Crippen molar-refractivity contribution in [2.24, 2.45) is 10.9 Å². The second-order valence-electron chi connectivity index (χ2n) is 9.12. The molecule has 0 spiro atoms. The van der Waals surface area contributed by atoms with Crippen molar-refractivity contribution in [1.82, 2.24) is 15.5 Å². The van der Waals surface area contributed by atoms with Gasteiger partial charge in [0.15, 0.2) is 5.96 Å². The first-order chi connectivity index (χ1) is 15.1. The van der Waals surface area contributed by atoms with Crippen LogP contribution < -0.4 is 15.4 Å². The number of benzene rings is 1. The molecule has 0 aromatic heterocycles. The van der Waals surface area contributed by atoms with E-state index in [1.54, 1.807) is 7.11 Å². The fraction of sp³-hybridized carbons (Fsp3) is 0.720. The Kier molecular flexibility index (Phi) is 12.1. The van der Waals surface area contributed by atoms with Crippen LogP contribution in [0, 0.1) is 5.92 Å². The average Bonchev–Trinajstić information content (AvgIpc) is 2.82. The molecule has 0 aliphatic carbocycles. The molecule has 2 N–H and O–H groups in total. The zero-order chi connectivity index (χ0) is 21.9. The lowest BCUT2D eigenvalue weighted by Gasteiger charge is -2.36. The molecule has 0 saturated carbocycles. The number of aliphatic imine (C=N–C) groups is 1. The van der Waals surface area contributed by atoms with E-state index in [1.807, 2.05) is 0 Å². The number of hydrogen-bond acceptors (Lipinski definition) is 4. The Bertz CT molecular complexity index is 669. The van der Waals surface area contributed by atoms with Gasteiger partial charge in [0.05, 0.1) is 13.7 Å². The Labute approximate surface area is 211 Å². The maximum atomic E-state index is 5.68. The Balaban J connectivity index is 0.00000363. The van der Waals surface area contributed by atoms with Crippen LogP contribution in [0.15, 0.2) is 29.3 Å². The van der Waals surface area contributed by atoms with E-state index in [1.165, 1.54) is 38.0 Å². The van der Waals surface area contributed by atoms with Crippen molar-refractivity contribution in [2.75, 3.05) is 59.6 Å². The molecule has 2 fully saturated rings. The predicted molar refractivity (Wildman–Crippen MR) is 144 cm³/mol. The number of halogens is 1. The molecule has 2 saturated heterocycles. The quantitative estimate of drug-likeness (QED) is 0.208. The number of hydrogen-bond donors (Lipinski definition) is 2. The molecule has 1 aromatic rings. The minimum Gasteiger partial charge on any atom is -0.497 e. The van der Waals surface area contributed by atoms with Crippen LogP contribution in [0.4, 0.5) is 0 Å². The number of likely N-dealkylation sites (tertiary alicyclic amines) is 1. The topological polar surface area (TPSA) is 58.1 Å². The Morgan fingerprint density at radius 3 is 2.47 bits per heavy atom. The van der Waals surface area contributed by atoms with Crippen molar-refractivity contribution >= 4 is 29.9 Å². The van der Waals surface area contributed by atoms with E-state index in [0.717, 1.165) is 69.7 Å².